The van der Waals surface area contributed by atoms with E-state index >= 15 is 0 Å². The number of nitrogens with zero attached hydrogens (tertiary/aromatic N) is 2. The average molecular weight is 246 g/mol. The summed E-state index contributed by atoms with van der Waals surface area (Å²) < 4.78 is 0. The van der Waals surface area contributed by atoms with E-state index < -0.39 is 9.90 Å². The Balaban J connectivity index is 3.60. The Labute approximate surface area is 62.2 Å². The van der Waals surface area contributed by atoms with E-state index in [1.54, 1.807) is 0 Å². The lowest BCUT2D eigenvalue weighted by Crippen LogP contribution is -2.05. The molecule has 4 nitrogen and oxygen atoms in total. The highest BCUT2D eigenvalue weighted by Gasteiger charge is 2.15. The van der Waals surface area contributed by atoms with Gasteiger partial charge in [0, 0.05) is 0 Å². The maximum absolute atomic E-state index is 9.58. The van der Waals surface area contributed by atoms with E-state index in [0.717, 1.165) is 0 Å². The summed E-state index contributed by atoms with van der Waals surface area (Å²) in [7, 11) is 0. The van der Waals surface area contributed by atoms with Crippen molar-refractivity contribution in [3.05, 3.63) is 9.81 Å². The van der Waals surface area contributed by atoms with Gasteiger partial charge in [0.1, 0.15) is 0 Å². The predicted octanol–water partition coefficient (Wildman–Crippen LogP) is 1.96. The van der Waals surface area contributed by atoms with Crippen molar-refractivity contribution < 1.29 is 0 Å². The van der Waals surface area contributed by atoms with E-state index in [1.807, 2.05) is 0 Å². The Morgan fingerprint density at radius 1 is 1.00 bits per heavy atom. The lowest BCUT2D eigenvalue weighted by molar-refractivity contribution is 0.871. The Morgan fingerprint density at radius 3 is 1.38 bits per heavy atom. The summed E-state index contributed by atoms with van der Waals surface area (Å²) in [5.41, 5.74) is 0. The molecule has 0 aliphatic carbocycles. The molecule has 0 aromatic rings. The van der Waals surface area contributed by atoms with Crippen molar-refractivity contribution in [2.45, 2.75) is 9.90 Å². The Kier molecular flexibility index (Phi) is 4.16. The smallest absolute Gasteiger partial charge is 0.149 e. The zero-order valence-corrected chi connectivity index (χ0v) is 6.79. The van der Waals surface area contributed by atoms with E-state index in [9.17, 15) is 9.81 Å². The first-order chi connectivity index (χ1) is 3.72. The summed E-state index contributed by atoms with van der Waals surface area (Å²) in [5, 5.41) is 4.97. The van der Waals surface area contributed by atoms with Gasteiger partial charge in [-0.3, -0.25) is 0 Å². The van der Waals surface area contributed by atoms with E-state index in [0.29, 0.717) is 0 Å². The van der Waals surface area contributed by atoms with Crippen molar-refractivity contribution in [2.75, 3.05) is 0 Å². The van der Waals surface area contributed by atoms with Crippen LogP contribution in [0.25, 0.3) is 0 Å². The second-order valence-electron chi connectivity index (χ2n) is 0.956. The Bertz CT molecular complexity index is 86.0. The van der Waals surface area contributed by atoms with Gasteiger partial charge in [-0.05, 0) is 0 Å². The summed E-state index contributed by atoms with van der Waals surface area (Å²) in [6.07, 6.45) is 0. The van der Waals surface area contributed by atoms with Gasteiger partial charge >= 0.3 is 0 Å². The fourth-order valence-electron chi connectivity index (χ4n) is 0.100. The molecule has 0 saturated heterocycles. The fraction of sp³-hybridized carbons (Fsp3) is 1.00. The van der Waals surface area contributed by atoms with Gasteiger partial charge < -0.3 is 0 Å². The van der Waals surface area contributed by atoms with Crippen molar-refractivity contribution in [1.82, 2.24) is 0 Å². The van der Waals surface area contributed by atoms with Gasteiger partial charge in [-0.1, -0.05) is 42.2 Å². The van der Waals surface area contributed by atoms with Crippen LogP contribution in [0.5, 0.6) is 0 Å². The van der Waals surface area contributed by atoms with Gasteiger partial charge in [0.15, 0.2) is 9.90 Å². The van der Waals surface area contributed by atoms with E-state index in [1.165, 1.54) is 0 Å². The minimum atomic E-state index is -0.764. The number of rotatable bonds is 3. The van der Waals surface area contributed by atoms with Crippen LogP contribution in [0, 0.1) is 9.81 Å². The van der Waals surface area contributed by atoms with Gasteiger partial charge in [0.2, 0.25) is 0 Å². The summed E-state index contributed by atoms with van der Waals surface area (Å²) in [6, 6.07) is 0. The fourth-order valence-corrected chi connectivity index (χ4v) is 0.293. The van der Waals surface area contributed by atoms with Crippen molar-refractivity contribution in [1.29, 1.82) is 0 Å². The van der Waals surface area contributed by atoms with E-state index in [4.69, 9.17) is 0 Å². The molecule has 0 rings (SSSR count). The highest BCUT2D eigenvalue weighted by Crippen LogP contribution is 2.15. The third kappa shape index (κ3) is 2.46. The number of halogens is 2. The minimum absolute atomic E-state index is 0.764. The molecule has 0 aromatic heterocycles. The van der Waals surface area contributed by atoms with Crippen molar-refractivity contribution in [3.8, 4) is 0 Å². The SMILES string of the molecule is O=NC(Br)C(Br)N=O. The van der Waals surface area contributed by atoms with Crippen LogP contribution >= 0.6 is 31.9 Å². The van der Waals surface area contributed by atoms with Gasteiger partial charge in [-0.15, -0.1) is 9.81 Å². The largest absolute Gasteiger partial charge is 0.182 e. The van der Waals surface area contributed by atoms with Gasteiger partial charge in [0.05, 0.1) is 0 Å². The first kappa shape index (κ1) is 8.16. The second kappa shape index (κ2) is 4.08. The van der Waals surface area contributed by atoms with Crippen LogP contribution < -0.4 is 0 Å². The van der Waals surface area contributed by atoms with Crippen molar-refractivity contribution in [2.24, 2.45) is 10.4 Å². The molecule has 0 aliphatic heterocycles. The van der Waals surface area contributed by atoms with Crippen LogP contribution in [-0.4, -0.2) is 9.90 Å². The molecule has 46 valence electrons. The summed E-state index contributed by atoms with van der Waals surface area (Å²) >= 11 is 5.57. The van der Waals surface area contributed by atoms with Crippen molar-refractivity contribution in [3.63, 3.8) is 0 Å². The highest BCUT2D eigenvalue weighted by atomic mass is 79.9. The quantitative estimate of drug-likeness (QED) is 0.434. The van der Waals surface area contributed by atoms with Crippen LogP contribution in [0.15, 0.2) is 10.4 Å². The third-order valence-corrected chi connectivity index (χ3v) is 2.47. The lowest BCUT2D eigenvalue weighted by Gasteiger charge is -1.96. The van der Waals surface area contributed by atoms with E-state index in [-0.39, 0.29) is 0 Å². The molecule has 0 N–H and O–H groups in total. The number of alkyl halides is 2. The monoisotopic (exact) mass is 244 g/mol. The summed E-state index contributed by atoms with van der Waals surface area (Å²) in [5.74, 6) is 0. The van der Waals surface area contributed by atoms with Crippen LogP contribution in [-0.2, 0) is 0 Å². The standard InChI is InChI=1S/C2H2Br2N2O2/c3-1(5-7)2(4)6-8/h1-2H. The molecule has 0 fully saturated rings. The number of nitroso groups, excluding NO2 is 2. The molecule has 6 heteroatoms. The average Bonchev–Trinajstić information content (AvgIpc) is 1.84. The van der Waals surface area contributed by atoms with E-state index in [2.05, 4.69) is 42.2 Å². The number of hydrogen-bond donors (Lipinski definition) is 0. The summed E-state index contributed by atoms with van der Waals surface area (Å²) in [6.45, 7) is 0. The second-order valence-corrected chi connectivity index (χ2v) is 2.83. The first-order valence-electron chi connectivity index (χ1n) is 1.65. The normalized spacial score (nSPS) is 16.8. The topological polar surface area (TPSA) is 58.9 Å². The molecule has 0 radical (unpaired) electrons. The van der Waals surface area contributed by atoms with Crippen LogP contribution in [0.4, 0.5) is 0 Å². The molecule has 0 aromatic carbocycles. The molecule has 8 heavy (non-hydrogen) atoms. The van der Waals surface area contributed by atoms with Gasteiger partial charge in [-0.2, -0.15) is 0 Å². The molecule has 2 unspecified atom stereocenters. The Hall–Kier alpha value is 0.160. The lowest BCUT2D eigenvalue weighted by atomic mass is 10.7. The van der Waals surface area contributed by atoms with Crippen LogP contribution in [0.1, 0.15) is 0 Å². The maximum Gasteiger partial charge on any atom is 0.182 e. The first-order valence-corrected chi connectivity index (χ1v) is 3.48. The number of hydrogen-bond acceptors (Lipinski definition) is 4. The molecule has 0 spiro atoms. The molecular formula is C2H2Br2N2O2. The molecule has 0 amide bonds. The molecule has 2 atom stereocenters. The van der Waals surface area contributed by atoms with Crippen LogP contribution in [0.2, 0.25) is 0 Å². The molecule has 0 aliphatic rings. The molecule has 0 saturated carbocycles. The Morgan fingerprint density at radius 2 is 1.25 bits per heavy atom. The van der Waals surface area contributed by atoms with Gasteiger partial charge in [0.25, 0.3) is 0 Å². The predicted molar refractivity (Wildman–Crippen MR) is 37.0 cm³/mol. The zero-order valence-electron chi connectivity index (χ0n) is 3.62. The minimum Gasteiger partial charge on any atom is -0.149 e. The zero-order chi connectivity index (χ0) is 6.57. The molecular weight excluding hydrogens is 244 g/mol. The van der Waals surface area contributed by atoms with Crippen molar-refractivity contribution >= 4 is 31.9 Å². The third-order valence-electron chi connectivity index (χ3n) is 0.428. The summed E-state index contributed by atoms with van der Waals surface area (Å²) in [4.78, 5) is 17.6. The maximum atomic E-state index is 9.58. The van der Waals surface area contributed by atoms with Gasteiger partial charge in [-0.25, -0.2) is 0 Å². The van der Waals surface area contributed by atoms with Crippen LogP contribution in [0.3, 0.4) is 0 Å². The molecule has 0 bridgehead atoms. The highest BCUT2D eigenvalue weighted by molar-refractivity contribution is 9.12. The molecule has 0 heterocycles.